The van der Waals surface area contributed by atoms with Crippen LogP contribution in [0.3, 0.4) is 0 Å². The molecule has 6 heteroatoms. The van der Waals surface area contributed by atoms with Crippen LogP contribution in [0.4, 0.5) is 14.9 Å². The molecule has 24 heavy (non-hydrogen) atoms. The van der Waals surface area contributed by atoms with Gasteiger partial charge in [-0.1, -0.05) is 13.0 Å². The van der Waals surface area contributed by atoms with Crippen LogP contribution in [0.2, 0.25) is 0 Å². The number of morpholine rings is 1. The van der Waals surface area contributed by atoms with Crippen LogP contribution in [-0.2, 0) is 11.2 Å². The van der Waals surface area contributed by atoms with Gasteiger partial charge in [0.15, 0.2) is 0 Å². The van der Waals surface area contributed by atoms with E-state index in [1.165, 1.54) is 6.07 Å². The van der Waals surface area contributed by atoms with Crippen LogP contribution in [0.15, 0.2) is 18.2 Å². The van der Waals surface area contributed by atoms with Crippen LogP contribution in [0.25, 0.3) is 0 Å². The van der Waals surface area contributed by atoms with Crippen molar-refractivity contribution in [1.29, 1.82) is 0 Å². The van der Waals surface area contributed by atoms with Gasteiger partial charge < -0.3 is 15.0 Å². The van der Waals surface area contributed by atoms with Gasteiger partial charge in [0.05, 0.1) is 13.2 Å². The predicted octanol–water partition coefficient (Wildman–Crippen LogP) is 2.57. The molecule has 1 atom stereocenters. The van der Waals surface area contributed by atoms with Gasteiger partial charge in [0.1, 0.15) is 5.82 Å². The van der Waals surface area contributed by atoms with Gasteiger partial charge >= 0.3 is 6.03 Å². The molecule has 2 aliphatic heterocycles. The molecule has 1 unspecified atom stereocenters. The number of rotatable bonds is 4. The third-order valence-electron chi connectivity index (χ3n) is 4.88. The molecule has 2 saturated heterocycles. The Morgan fingerprint density at radius 1 is 1.33 bits per heavy atom. The lowest BCUT2D eigenvalue weighted by Crippen LogP contribution is -2.40. The lowest BCUT2D eigenvalue weighted by Gasteiger charge is -2.29. The second kappa shape index (κ2) is 7.94. The van der Waals surface area contributed by atoms with Crippen LogP contribution in [0, 0.1) is 11.7 Å². The molecule has 0 aliphatic carbocycles. The number of halogens is 1. The summed E-state index contributed by atoms with van der Waals surface area (Å²) in [5, 5.41) is 2.81. The normalized spacial score (nSPS) is 21.9. The smallest absolute Gasteiger partial charge is 0.321 e. The average Bonchev–Trinajstić information content (AvgIpc) is 3.04. The van der Waals surface area contributed by atoms with Crippen molar-refractivity contribution in [3.8, 4) is 0 Å². The largest absolute Gasteiger partial charge is 0.379 e. The van der Waals surface area contributed by atoms with Gasteiger partial charge in [-0.3, -0.25) is 4.90 Å². The molecule has 0 saturated carbocycles. The lowest BCUT2D eigenvalue weighted by molar-refractivity contribution is 0.0314. The zero-order valence-corrected chi connectivity index (χ0v) is 14.3. The van der Waals surface area contributed by atoms with Crippen LogP contribution < -0.4 is 5.32 Å². The predicted molar refractivity (Wildman–Crippen MR) is 91.7 cm³/mol. The molecule has 1 aromatic carbocycles. The summed E-state index contributed by atoms with van der Waals surface area (Å²) in [5.74, 6) is 0.245. The minimum absolute atomic E-state index is 0.136. The van der Waals surface area contributed by atoms with Crippen molar-refractivity contribution in [2.24, 2.45) is 5.92 Å². The third-order valence-corrected chi connectivity index (χ3v) is 4.88. The molecule has 0 bridgehead atoms. The van der Waals surface area contributed by atoms with Crippen molar-refractivity contribution in [3.05, 3.63) is 29.6 Å². The maximum Gasteiger partial charge on any atom is 0.321 e. The molecule has 2 amide bonds. The van der Waals surface area contributed by atoms with Crippen LogP contribution in [0.1, 0.15) is 18.9 Å². The van der Waals surface area contributed by atoms with E-state index in [2.05, 4.69) is 10.2 Å². The molecule has 5 nitrogen and oxygen atoms in total. The van der Waals surface area contributed by atoms with Gasteiger partial charge in [-0.25, -0.2) is 9.18 Å². The van der Waals surface area contributed by atoms with Crippen LogP contribution in [-0.4, -0.2) is 61.8 Å². The molecule has 0 radical (unpaired) electrons. The molecule has 2 fully saturated rings. The Morgan fingerprint density at radius 3 is 2.83 bits per heavy atom. The summed E-state index contributed by atoms with van der Waals surface area (Å²) < 4.78 is 19.2. The van der Waals surface area contributed by atoms with E-state index in [0.717, 1.165) is 52.4 Å². The van der Waals surface area contributed by atoms with Crippen molar-refractivity contribution < 1.29 is 13.9 Å². The Labute approximate surface area is 142 Å². The number of hydrogen-bond donors (Lipinski definition) is 1. The van der Waals surface area contributed by atoms with Crippen LogP contribution >= 0.6 is 0 Å². The number of amides is 2. The Bertz CT molecular complexity index is 575. The van der Waals surface area contributed by atoms with Crippen molar-refractivity contribution in [2.45, 2.75) is 19.8 Å². The number of nitrogens with zero attached hydrogens (tertiary/aromatic N) is 2. The fraction of sp³-hybridized carbons (Fsp3) is 0.611. The van der Waals surface area contributed by atoms with Gasteiger partial charge in [0.2, 0.25) is 0 Å². The first-order chi connectivity index (χ1) is 11.7. The number of likely N-dealkylation sites (tertiary alicyclic amines) is 1. The number of benzene rings is 1. The number of nitrogens with one attached hydrogen (secondary N) is 1. The third kappa shape index (κ3) is 4.24. The number of anilines is 1. The van der Waals surface area contributed by atoms with Gasteiger partial charge in [-0.05, 0) is 36.5 Å². The summed E-state index contributed by atoms with van der Waals surface area (Å²) in [7, 11) is 0. The summed E-state index contributed by atoms with van der Waals surface area (Å²) in [5.41, 5.74) is 1.19. The molecule has 3 rings (SSSR count). The van der Waals surface area contributed by atoms with Crippen molar-refractivity contribution >= 4 is 11.7 Å². The monoisotopic (exact) mass is 335 g/mol. The van der Waals surface area contributed by atoms with E-state index in [4.69, 9.17) is 4.74 Å². The fourth-order valence-electron chi connectivity index (χ4n) is 3.43. The molecule has 0 spiro atoms. The topological polar surface area (TPSA) is 44.8 Å². The number of carbonyl (C=O) groups is 1. The first kappa shape index (κ1) is 17.2. The number of hydrogen-bond acceptors (Lipinski definition) is 3. The maximum absolute atomic E-state index is 13.8. The summed E-state index contributed by atoms with van der Waals surface area (Å²) in [6.07, 6.45) is 1.67. The number of urea groups is 1. The molecule has 0 aromatic heterocycles. The Morgan fingerprint density at radius 2 is 2.12 bits per heavy atom. The van der Waals surface area contributed by atoms with E-state index >= 15 is 0 Å². The van der Waals surface area contributed by atoms with E-state index < -0.39 is 0 Å². The van der Waals surface area contributed by atoms with Gasteiger partial charge in [0, 0.05) is 38.4 Å². The van der Waals surface area contributed by atoms with Crippen molar-refractivity contribution in [1.82, 2.24) is 9.80 Å². The maximum atomic E-state index is 13.8. The second-order valence-electron chi connectivity index (χ2n) is 6.60. The summed E-state index contributed by atoms with van der Waals surface area (Å²) in [6.45, 7) is 8.02. The summed E-state index contributed by atoms with van der Waals surface area (Å²) in [6, 6.07) is 4.76. The fourth-order valence-corrected chi connectivity index (χ4v) is 3.43. The lowest BCUT2D eigenvalue weighted by atomic mass is 10.1. The van der Waals surface area contributed by atoms with E-state index in [1.54, 1.807) is 12.1 Å². The van der Waals surface area contributed by atoms with E-state index in [0.29, 0.717) is 23.6 Å². The number of ether oxygens (including phenoxy) is 1. The Hall–Kier alpha value is -1.66. The summed E-state index contributed by atoms with van der Waals surface area (Å²) in [4.78, 5) is 16.6. The number of carbonyl (C=O) groups excluding carboxylic acids is 1. The quantitative estimate of drug-likeness (QED) is 0.920. The molecular weight excluding hydrogens is 309 g/mol. The van der Waals surface area contributed by atoms with E-state index in [1.807, 2.05) is 11.8 Å². The highest BCUT2D eigenvalue weighted by Crippen LogP contribution is 2.20. The minimum Gasteiger partial charge on any atom is -0.379 e. The average molecular weight is 335 g/mol. The second-order valence-corrected chi connectivity index (χ2v) is 6.60. The Balaban J connectivity index is 1.50. The van der Waals surface area contributed by atoms with Gasteiger partial charge in [-0.2, -0.15) is 0 Å². The summed E-state index contributed by atoms with van der Waals surface area (Å²) >= 11 is 0. The van der Waals surface area contributed by atoms with Crippen molar-refractivity contribution in [3.63, 3.8) is 0 Å². The van der Waals surface area contributed by atoms with E-state index in [9.17, 15) is 9.18 Å². The molecule has 132 valence electrons. The Kier molecular flexibility index (Phi) is 5.68. The zero-order chi connectivity index (χ0) is 16.9. The van der Waals surface area contributed by atoms with Gasteiger partial charge in [-0.15, -0.1) is 0 Å². The standard InChI is InChI=1S/C18H26FN3O2/c1-2-15-3-4-16(11-17(15)19)20-18(23)22-6-5-14(13-22)12-21-7-9-24-10-8-21/h3-4,11,14H,2,5-10,12-13H2,1H3,(H,20,23). The van der Waals surface area contributed by atoms with Gasteiger partial charge in [0.25, 0.3) is 0 Å². The van der Waals surface area contributed by atoms with Crippen LogP contribution in [0.5, 0.6) is 0 Å². The highest BCUT2D eigenvalue weighted by Gasteiger charge is 2.28. The van der Waals surface area contributed by atoms with E-state index in [-0.39, 0.29) is 11.8 Å². The van der Waals surface area contributed by atoms with Crippen molar-refractivity contribution in [2.75, 3.05) is 51.3 Å². The molecule has 2 heterocycles. The molecule has 1 aromatic rings. The molecule has 2 aliphatic rings. The number of aryl methyl sites for hydroxylation is 1. The first-order valence-corrected chi connectivity index (χ1v) is 8.80. The molecular formula is C18H26FN3O2. The highest BCUT2D eigenvalue weighted by atomic mass is 19.1. The minimum atomic E-state index is -0.262. The molecule has 1 N–H and O–H groups in total. The first-order valence-electron chi connectivity index (χ1n) is 8.80. The zero-order valence-electron chi connectivity index (χ0n) is 14.3. The highest BCUT2D eigenvalue weighted by molar-refractivity contribution is 5.89. The SMILES string of the molecule is CCc1ccc(NC(=O)N2CCC(CN3CCOCC3)C2)cc1F.